The maximum Gasteiger partial charge on any atom is 0.310 e. The fourth-order valence-corrected chi connectivity index (χ4v) is 5.28. The minimum atomic E-state index is -0.738. The van der Waals surface area contributed by atoms with Crippen LogP contribution in [0.25, 0.3) is 10.8 Å². The quantitative estimate of drug-likeness (QED) is 0.128. The lowest BCUT2D eigenvalue weighted by molar-refractivity contribution is -0.142. The fraction of sp³-hybridized carbons (Fsp3) is 0.139. The highest BCUT2D eigenvalue weighted by Crippen LogP contribution is 2.46. The minimum Gasteiger partial charge on any atom is -0.487 e. The first kappa shape index (κ1) is 28.6. The van der Waals surface area contributed by atoms with Crippen LogP contribution in [0.1, 0.15) is 44.3 Å². The normalized spacial score (nSPS) is 12.4. The minimum absolute atomic E-state index is 0.0217. The number of carbonyl (C=O) groups excluding carboxylic acids is 3. The van der Waals surface area contributed by atoms with Crippen LogP contribution in [0.15, 0.2) is 103 Å². The molecule has 0 aliphatic carbocycles. The monoisotopic (exact) mass is 589 g/mol. The number of ether oxygens (including phenoxy) is 3. The number of carbonyl (C=O) groups is 3. The van der Waals surface area contributed by atoms with Crippen LogP contribution in [0.4, 0.5) is 10.1 Å². The van der Waals surface area contributed by atoms with Crippen LogP contribution in [-0.4, -0.2) is 24.4 Å². The van der Waals surface area contributed by atoms with E-state index in [1.807, 2.05) is 84.9 Å². The third-order valence-corrected chi connectivity index (χ3v) is 7.34. The van der Waals surface area contributed by atoms with Crippen LogP contribution in [0.3, 0.4) is 0 Å². The molecule has 0 fully saturated rings. The van der Waals surface area contributed by atoms with Gasteiger partial charge in [0.2, 0.25) is 0 Å². The maximum atomic E-state index is 15.2. The first-order valence-electron chi connectivity index (χ1n) is 14.2. The van der Waals surface area contributed by atoms with Gasteiger partial charge in [-0.05, 0) is 35.7 Å². The number of esters is 1. The molecule has 220 valence electrons. The molecule has 1 aliphatic heterocycles. The van der Waals surface area contributed by atoms with Crippen molar-refractivity contribution in [3.8, 4) is 11.5 Å². The van der Waals surface area contributed by atoms with E-state index < -0.39 is 23.6 Å². The van der Waals surface area contributed by atoms with Crippen molar-refractivity contribution >= 4 is 34.2 Å². The molecule has 0 unspecified atom stereocenters. The van der Waals surface area contributed by atoms with Gasteiger partial charge >= 0.3 is 5.97 Å². The molecular formula is C36H28FNO6. The summed E-state index contributed by atoms with van der Waals surface area (Å²) in [5.74, 6) is -2.16. The Hall–Kier alpha value is -5.50. The second kappa shape index (κ2) is 12.4. The van der Waals surface area contributed by atoms with Crippen molar-refractivity contribution in [3.05, 3.63) is 137 Å². The summed E-state index contributed by atoms with van der Waals surface area (Å²) in [5, 5.41) is 1.20. The number of benzene rings is 5. The van der Waals surface area contributed by atoms with E-state index in [1.165, 1.54) is 12.1 Å². The third-order valence-electron chi connectivity index (χ3n) is 7.34. The number of amides is 2. The summed E-state index contributed by atoms with van der Waals surface area (Å²) in [7, 11) is 0. The Morgan fingerprint density at radius 1 is 0.705 bits per heavy atom. The van der Waals surface area contributed by atoms with Gasteiger partial charge in [-0.3, -0.25) is 14.4 Å². The molecule has 5 aromatic carbocycles. The largest absolute Gasteiger partial charge is 0.487 e. The van der Waals surface area contributed by atoms with E-state index in [9.17, 15) is 14.4 Å². The van der Waals surface area contributed by atoms with Crippen LogP contribution >= 0.6 is 0 Å². The molecule has 6 rings (SSSR count). The first-order valence-corrected chi connectivity index (χ1v) is 14.2. The summed E-state index contributed by atoms with van der Waals surface area (Å²) in [6.45, 7) is 2.14. The van der Waals surface area contributed by atoms with Crippen LogP contribution in [0.2, 0.25) is 0 Å². The van der Waals surface area contributed by atoms with Crippen molar-refractivity contribution in [2.45, 2.75) is 26.6 Å². The number of halogens is 1. The van der Waals surface area contributed by atoms with E-state index in [4.69, 9.17) is 14.2 Å². The van der Waals surface area contributed by atoms with Crippen molar-refractivity contribution in [2.24, 2.45) is 0 Å². The lowest BCUT2D eigenvalue weighted by Crippen LogP contribution is -2.29. The van der Waals surface area contributed by atoms with Crippen molar-refractivity contribution in [1.82, 2.24) is 0 Å². The van der Waals surface area contributed by atoms with Crippen LogP contribution in [0, 0.1) is 5.82 Å². The van der Waals surface area contributed by atoms with Gasteiger partial charge in [-0.1, -0.05) is 91.0 Å². The number of imide groups is 1. The van der Waals surface area contributed by atoms with Gasteiger partial charge in [-0.2, -0.15) is 0 Å². The number of hydrogen-bond acceptors (Lipinski definition) is 6. The Morgan fingerprint density at radius 3 is 1.68 bits per heavy atom. The second-order valence-electron chi connectivity index (χ2n) is 10.2. The molecule has 1 heterocycles. The predicted molar refractivity (Wildman–Crippen MR) is 163 cm³/mol. The van der Waals surface area contributed by atoms with Gasteiger partial charge in [0.25, 0.3) is 11.8 Å². The van der Waals surface area contributed by atoms with Gasteiger partial charge < -0.3 is 14.2 Å². The highest BCUT2D eigenvalue weighted by atomic mass is 19.1. The van der Waals surface area contributed by atoms with E-state index in [0.717, 1.165) is 22.1 Å². The van der Waals surface area contributed by atoms with Gasteiger partial charge in [0.05, 0.1) is 29.8 Å². The van der Waals surface area contributed by atoms with E-state index in [1.54, 1.807) is 6.92 Å². The standard InChI is InChI=1S/C36H28FNO6/c1-2-42-30(39)19-25-17-18-26(20-29(25)37)38-35(40)31-32(36(38)41)34(44-22-24-13-7-4-8-14-24)28-16-10-9-15-27(28)33(31)43-21-23-11-5-3-6-12-23/h3-18,20H,2,19,21-22H2,1H3. The fourth-order valence-electron chi connectivity index (χ4n) is 5.28. The molecular weight excluding hydrogens is 561 g/mol. The molecule has 0 bridgehead atoms. The molecule has 2 amide bonds. The molecule has 0 aromatic heterocycles. The van der Waals surface area contributed by atoms with Gasteiger partial charge in [-0.15, -0.1) is 0 Å². The maximum absolute atomic E-state index is 15.2. The molecule has 7 nitrogen and oxygen atoms in total. The predicted octanol–water partition coefficient (Wildman–Crippen LogP) is 7.04. The molecule has 0 N–H and O–H groups in total. The molecule has 0 saturated carbocycles. The number of nitrogens with zero attached hydrogens (tertiary/aromatic N) is 1. The summed E-state index contributed by atoms with van der Waals surface area (Å²) in [6.07, 6.45) is -0.275. The number of rotatable bonds is 10. The zero-order valence-corrected chi connectivity index (χ0v) is 23.9. The highest BCUT2D eigenvalue weighted by molar-refractivity contribution is 6.38. The lowest BCUT2D eigenvalue weighted by atomic mass is 9.98. The summed E-state index contributed by atoms with van der Waals surface area (Å²) in [4.78, 5) is 41.1. The smallest absolute Gasteiger partial charge is 0.310 e. The Morgan fingerprint density at radius 2 is 1.20 bits per heavy atom. The van der Waals surface area contributed by atoms with Crippen molar-refractivity contribution in [3.63, 3.8) is 0 Å². The number of fused-ring (bicyclic) bond motifs is 2. The average molecular weight is 590 g/mol. The summed E-state index contributed by atoms with van der Waals surface area (Å²) in [6, 6.07) is 30.1. The van der Waals surface area contributed by atoms with Gasteiger partial charge in [-0.25, -0.2) is 9.29 Å². The van der Waals surface area contributed by atoms with Crippen molar-refractivity contribution < 1.29 is 33.0 Å². The van der Waals surface area contributed by atoms with Crippen LogP contribution < -0.4 is 14.4 Å². The Labute approximate surface area is 253 Å². The Kier molecular flexibility index (Phi) is 8.06. The second-order valence-corrected chi connectivity index (χ2v) is 10.2. The third kappa shape index (κ3) is 5.49. The molecule has 44 heavy (non-hydrogen) atoms. The molecule has 0 spiro atoms. The lowest BCUT2D eigenvalue weighted by Gasteiger charge is -2.17. The van der Waals surface area contributed by atoms with Gasteiger partial charge in [0, 0.05) is 10.8 Å². The van der Waals surface area contributed by atoms with E-state index in [0.29, 0.717) is 10.8 Å². The van der Waals surface area contributed by atoms with Gasteiger partial charge in [0.15, 0.2) is 0 Å². The zero-order valence-electron chi connectivity index (χ0n) is 23.9. The average Bonchev–Trinajstić information content (AvgIpc) is 3.30. The van der Waals surface area contributed by atoms with Crippen LogP contribution in [-0.2, 0) is 29.2 Å². The first-order chi connectivity index (χ1) is 21.5. The highest BCUT2D eigenvalue weighted by Gasteiger charge is 2.44. The van der Waals surface area contributed by atoms with Crippen molar-refractivity contribution in [2.75, 3.05) is 11.5 Å². The molecule has 1 aliphatic rings. The Balaban J connectivity index is 1.46. The summed E-state index contributed by atoms with van der Waals surface area (Å²) < 4.78 is 32.7. The topological polar surface area (TPSA) is 82.1 Å². The molecule has 8 heteroatoms. The summed E-state index contributed by atoms with van der Waals surface area (Å²) in [5.41, 5.74) is 1.96. The molecule has 0 saturated heterocycles. The summed E-state index contributed by atoms with van der Waals surface area (Å²) >= 11 is 0. The van der Waals surface area contributed by atoms with Crippen LogP contribution in [0.5, 0.6) is 11.5 Å². The SMILES string of the molecule is CCOC(=O)Cc1ccc(N2C(=O)c3c(c(OCc4ccccc4)c4ccccc4c3OCc3ccccc3)C2=O)cc1F. The molecule has 0 radical (unpaired) electrons. The van der Waals surface area contributed by atoms with Crippen molar-refractivity contribution in [1.29, 1.82) is 0 Å². The molecule has 5 aromatic rings. The number of hydrogen-bond donors (Lipinski definition) is 0. The van der Waals surface area contributed by atoms with E-state index in [2.05, 4.69) is 0 Å². The van der Waals surface area contributed by atoms with E-state index in [-0.39, 0.29) is 60.1 Å². The molecule has 0 atom stereocenters. The van der Waals surface area contributed by atoms with E-state index >= 15 is 4.39 Å². The Bertz CT molecular complexity index is 1770. The zero-order chi connectivity index (χ0) is 30.6. The number of anilines is 1. The van der Waals surface area contributed by atoms with Gasteiger partial charge in [0.1, 0.15) is 30.5 Å².